The molecule has 3 atom stereocenters. The van der Waals surface area contributed by atoms with Crippen LogP contribution >= 0.6 is 23.2 Å². The number of carbonyl (C=O) groups is 3. The molecule has 1 aromatic rings. The maximum atomic E-state index is 12.6. The summed E-state index contributed by atoms with van der Waals surface area (Å²) in [5, 5.41) is 1.56. The van der Waals surface area contributed by atoms with E-state index in [1.165, 1.54) is 6.07 Å². The summed E-state index contributed by atoms with van der Waals surface area (Å²) in [4.78, 5) is 37.4. The summed E-state index contributed by atoms with van der Waals surface area (Å²) in [7, 11) is 0. The van der Waals surface area contributed by atoms with Crippen LogP contribution < -0.4 is 10.2 Å². The Kier molecular flexibility index (Phi) is 5.53. The van der Waals surface area contributed by atoms with Crippen molar-refractivity contribution in [2.45, 2.75) is 32.3 Å². The van der Waals surface area contributed by atoms with E-state index in [2.05, 4.69) is 5.43 Å². The van der Waals surface area contributed by atoms with Crippen LogP contribution in [0.15, 0.2) is 30.4 Å². The lowest BCUT2D eigenvalue weighted by Crippen LogP contribution is -2.51. The molecule has 1 aromatic carbocycles. The van der Waals surface area contributed by atoms with E-state index in [-0.39, 0.29) is 17.6 Å². The van der Waals surface area contributed by atoms with Crippen molar-refractivity contribution < 1.29 is 19.1 Å². The van der Waals surface area contributed by atoms with Crippen LogP contribution in [0.4, 0.5) is 0 Å². The normalized spacial score (nSPS) is 23.0. The molecule has 1 fully saturated rings. The Balaban J connectivity index is 1.70. The number of amides is 3. The first kappa shape index (κ1) is 18.7. The molecule has 0 saturated carbocycles. The van der Waals surface area contributed by atoms with E-state index in [1.54, 1.807) is 19.1 Å². The topological polar surface area (TPSA) is 75.7 Å². The quantitative estimate of drug-likeness (QED) is 0.612. The second-order valence-corrected chi connectivity index (χ2v) is 7.08. The molecule has 1 aliphatic carbocycles. The molecule has 3 amide bonds. The van der Waals surface area contributed by atoms with Crippen LogP contribution in [-0.4, -0.2) is 28.8 Å². The molecule has 1 saturated heterocycles. The van der Waals surface area contributed by atoms with E-state index in [9.17, 15) is 14.4 Å². The lowest BCUT2D eigenvalue weighted by molar-refractivity contribution is -0.151. The van der Waals surface area contributed by atoms with Gasteiger partial charge in [0, 0.05) is 11.1 Å². The summed E-state index contributed by atoms with van der Waals surface area (Å²) in [6.07, 6.45) is 4.18. The van der Waals surface area contributed by atoms with Crippen LogP contribution in [0.3, 0.4) is 0 Å². The fourth-order valence-corrected chi connectivity index (χ4v) is 3.46. The van der Waals surface area contributed by atoms with Gasteiger partial charge < -0.3 is 4.74 Å². The minimum absolute atomic E-state index is 0.262. The van der Waals surface area contributed by atoms with Gasteiger partial charge in [-0.1, -0.05) is 42.3 Å². The van der Waals surface area contributed by atoms with Gasteiger partial charge in [0.1, 0.15) is 5.75 Å². The Morgan fingerprint density at radius 2 is 1.85 bits per heavy atom. The number of hydrogen-bond donors (Lipinski definition) is 1. The molecular weight excluding hydrogens is 379 g/mol. The maximum Gasteiger partial charge on any atom is 0.279 e. The molecule has 6 nitrogen and oxygen atoms in total. The van der Waals surface area contributed by atoms with Crippen molar-refractivity contribution in [1.29, 1.82) is 0 Å². The largest absolute Gasteiger partial charge is 0.479 e. The van der Waals surface area contributed by atoms with Gasteiger partial charge in [-0.2, -0.15) is 5.01 Å². The van der Waals surface area contributed by atoms with E-state index < -0.39 is 23.8 Å². The number of imide groups is 1. The summed E-state index contributed by atoms with van der Waals surface area (Å²) in [6, 6.07) is 4.68. The number of nitrogens with one attached hydrogen (secondary N) is 1. The number of hydrazine groups is 1. The highest BCUT2D eigenvalue weighted by atomic mass is 35.5. The predicted octanol–water partition coefficient (Wildman–Crippen LogP) is 3.13. The molecule has 1 N–H and O–H groups in total. The maximum absolute atomic E-state index is 12.6. The van der Waals surface area contributed by atoms with Gasteiger partial charge in [-0.15, -0.1) is 0 Å². The fourth-order valence-electron chi connectivity index (χ4n) is 3.14. The van der Waals surface area contributed by atoms with Crippen LogP contribution in [0.25, 0.3) is 0 Å². The summed E-state index contributed by atoms with van der Waals surface area (Å²) in [6.45, 7) is 1.75. The second kappa shape index (κ2) is 7.68. The van der Waals surface area contributed by atoms with Gasteiger partial charge in [0.15, 0.2) is 6.10 Å². The van der Waals surface area contributed by atoms with Crippen LogP contribution in [0.1, 0.15) is 26.2 Å². The standard InChI is InChI=1S/C18H18Cl2N2O4/c1-2-14(26-15-9-10(19)7-8-13(15)20)16(23)21-22-17(24)11-5-3-4-6-12(11)18(22)25/h3-4,7-9,11-12,14H,2,5-6H2,1H3,(H,21,23)/t11-,12-,14-/m0/s1. The monoisotopic (exact) mass is 396 g/mol. The van der Waals surface area contributed by atoms with Crippen molar-refractivity contribution in [2.24, 2.45) is 11.8 Å². The number of nitrogens with zero attached hydrogens (tertiary/aromatic N) is 1. The van der Waals surface area contributed by atoms with Crippen molar-refractivity contribution in [1.82, 2.24) is 10.4 Å². The minimum atomic E-state index is -0.924. The Hall–Kier alpha value is -2.05. The Morgan fingerprint density at radius 3 is 2.42 bits per heavy atom. The first-order valence-electron chi connectivity index (χ1n) is 8.37. The molecule has 0 radical (unpaired) electrons. The van der Waals surface area contributed by atoms with E-state index >= 15 is 0 Å². The summed E-state index contributed by atoms with van der Waals surface area (Å²) in [5.74, 6) is -1.90. The van der Waals surface area contributed by atoms with Crippen LogP contribution in [-0.2, 0) is 14.4 Å². The molecular formula is C18H18Cl2N2O4. The molecule has 1 aliphatic heterocycles. The number of allylic oxidation sites excluding steroid dienone is 2. The number of halogens is 2. The highest BCUT2D eigenvalue weighted by molar-refractivity contribution is 6.34. The SMILES string of the molecule is CC[C@H](Oc1cc(Cl)ccc1Cl)C(=O)NN1C(=O)[C@H]2CC=CC[C@@H]2C1=O. The first-order valence-corrected chi connectivity index (χ1v) is 9.13. The highest BCUT2D eigenvalue weighted by Gasteiger charge is 2.48. The molecule has 2 aliphatic rings. The lowest BCUT2D eigenvalue weighted by Gasteiger charge is -2.22. The van der Waals surface area contributed by atoms with Gasteiger partial charge in [0.05, 0.1) is 16.9 Å². The van der Waals surface area contributed by atoms with E-state index in [0.29, 0.717) is 29.3 Å². The van der Waals surface area contributed by atoms with E-state index in [0.717, 1.165) is 5.01 Å². The number of benzene rings is 1. The molecule has 0 spiro atoms. The Morgan fingerprint density at radius 1 is 1.23 bits per heavy atom. The zero-order chi connectivity index (χ0) is 18.8. The number of carbonyl (C=O) groups excluding carboxylic acids is 3. The number of hydrogen-bond acceptors (Lipinski definition) is 4. The summed E-state index contributed by atoms with van der Waals surface area (Å²) in [5.41, 5.74) is 2.41. The van der Waals surface area contributed by atoms with Crippen molar-refractivity contribution in [3.8, 4) is 5.75 Å². The van der Waals surface area contributed by atoms with Gasteiger partial charge >= 0.3 is 0 Å². The van der Waals surface area contributed by atoms with Crippen molar-refractivity contribution in [2.75, 3.05) is 0 Å². The first-order chi connectivity index (χ1) is 12.4. The number of ether oxygens (including phenoxy) is 1. The summed E-state index contributed by atoms with van der Waals surface area (Å²) < 4.78 is 5.65. The number of fused-ring (bicyclic) bond motifs is 1. The van der Waals surface area contributed by atoms with Gasteiger partial charge in [-0.3, -0.25) is 19.8 Å². The molecule has 3 rings (SSSR count). The van der Waals surface area contributed by atoms with Crippen molar-refractivity contribution in [3.63, 3.8) is 0 Å². The average Bonchev–Trinajstić information content (AvgIpc) is 2.87. The van der Waals surface area contributed by atoms with Crippen molar-refractivity contribution in [3.05, 3.63) is 40.4 Å². The Bertz CT molecular complexity index is 754. The molecule has 26 heavy (non-hydrogen) atoms. The molecule has 0 bridgehead atoms. The zero-order valence-corrected chi connectivity index (χ0v) is 15.6. The van der Waals surface area contributed by atoms with Gasteiger partial charge in [0.2, 0.25) is 0 Å². The molecule has 138 valence electrons. The third-order valence-electron chi connectivity index (χ3n) is 4.56. The molecule has 0 unspecified atom stereocenters. The smallest absolute Gasteiger partial charge is 0.279 e. The number of rotatable bonds is 5. The third kappa shape index (κ3) is 3.57. The zero-order valence-electron chi connectivity index (χ0n) is 14.1. The van der Waals surface area contributed by atoms with Crippen LogP contribution in [0.2, 0.25) is 10.0 Å². The van der Waals surface area contributed by atoms with Crippen LogP contribution in [0, 0.1) is 11.8 Å². The van der Waals surface area contributed by atoms with E-state index in [1.807, 2.05) is 12.2 Å². The van der Waals surface area contributed by atoms with Crippen LogP contribution in [0.5, 0.6) is 5.75 Å². The van der Waals surface area contributed by atoms with Gasteiger partial charge in [-0.05, 0) is 31.4 Å². The predicted molar refractivity (Wildman–Crippen MR) is 96.5 cm³/mol. The highest BCUT2D eigenvalue weighted by Crippen LogP contribution is 2.34. The van der Waals surface area contributed by atoms with Gasteiger partial charge in [-0.25, -0.2) is 0 Å². The summed E-state index contributed by atoms with van der Waals surface area (Å²) >= 11 is 12.0. The minimum Gasteiger partial charge on any atom is -0.479 e. The molecule has 8 heteroatoms. The lowest BCUT2D eigenvalue weighted by atomic mass is 9.85. The van der Waals surface area contributed by atoms with Crippen molar-refractivity contribution >= 4 is 40.9 Å². The molecule has 1 heterocycles. The fraction of sp³-hybridized carbons (Fsp3) is 0.389. The van der Waals surface area contributed by atoms with Gasteiger partial charge in [0.25, 0.3) is 17.7 Å². The average molecular weight is 397 g/mol. The van der Waals surface area contributed by atoms with E-state index in [4.69, 9.17) is 27.9 Å². The third-order valence-corrected chi connectivity index (χ3v) is 5.10. The molecule has 0 aromatic heterocycles. The Labute approximate surface area is 161 Å². The second-order valence-electron chi connectivity index (χ2n) is 6.23.